The number of nitrogens with one attached hydrogen (secondary N) is 1. The van der Waals surface area contributed by atoms with Gasteiger partial charge in [-0.25, -0.2) is 0 Å². The summed E-state index contributed by atoms with van der Waals surface area (Å²) in [6, 6.07) is 14.7. The molecular formula is C23H25N3O4. The molecule has 1 aromatic heterocycles. The Hall–Kier alpha value is -3.19. The van der Waals surface area contributed by atoms with Crippen LogP contribution in [0.3, 0.4) is 0 Å². The maximum atomic E-state index is 12.6. The van der Waals surface area contributed by atoms with Crippen LogP contribution >= 0.6 is 0 Å². The van der Waals surface area contributed by atoms with Crippen molar-refractivity contribution < 1.29 is 14.3 Å². The number of amides is 1. The molecule has 1 atom stereocenters. The summed E-state index contributed by atoms with van der Waals surface area (Å²) in [6.45, 7) is 1.62. The maximum absolute atomic E-state index is 12.6. The molecule has 1 saturated heterocycles. The lowest BCUT2D eigenvalue weighted by Gasteiger charge is -2.23. The van der Waals surface area contributed by atoms with Gasteiger partial charge in [0.25, 0.3) is 0 Å². The van der Waals surface area contributed by atoms with Crippen molar-refractivity contribution in [1.29, 1.82) is 0 Å². The third kappa shape index (κ3) is 4.86. The van der Waals surface area contributed by atoms with E-state index < -0.39 is 0 Å². The molecule has 3 aromatic rings. The van der Waals surface area contributed by atoms with Gasteiger partial charge in [0.1, 0.15) is 12.4 Å². The van der Waals surface area contributed by atoms with Crippen molar-refractivity contribution >= 4 is 22.5 Å². The second-order valence-corrected chi connectivity index (χ2v) is 7.34. The highest BCUT2D eigenvalue weighted by Gasteiger charge is 2.16. The smallest absolute Gasteiger partial charge is 0.226 e. The minimum atomic E-state index is -0.149. The average Bonchev–Trinajstić information content (AvgIpc) is 2.79. The quantitative estimate of drug-likeness (QED) is 0.649. The lowest BCUT2D eigenvalue weighted by molar-refractivity contribution is -0.116. The molecule has 1 unspecified atom stereocenters. The van der Waals surface area contributed by atoms with Crippen LogP contribution in [-0.4, -0.2) is 35.0 Å². The summed E-state index contributed by atoms with van der Waals surface area (Å²) in [4.78, 5) is 24.5. The Morgan fingerprint density at radius 1 is 1.17 bits per heavy atom. The summed E-state index contributed by atoms with van der Waals surface area (Å²) in [7, 11) is 0. The molecule has 0 radical (unpaired) electrons. The first-order chi connectivity index (χ1) is 14.7. The third-order valence-electron chi connectivity index (χ3n) is 5.17. The molecule has 1 fully saturated rings. The van der Waals surface area contributed by atoms with Crippen molar-refractivity contribution in [3.05, 3.63) is 65.0 Å². The van der Waals surface area contributed by atoms with Gasteiger partial charge in [0, 0.05) is 18.4 Å². The SMILES string of the molecule is O=C(CCn1ncc(=O)c2ccccc21)Nc1ccccc1OCC1CCCCO1. The summed E-state index contributed by atoms with van der Waals surface area (Å²) in [6.07, 6.45) is 4.86. The fourth-order valence-corrected chi connectivity index (χ4v) is 3.58. The molecule has 156 valence electrons. The number of benzene rings is 2. The van der Waals surface area contributed by atoms with E-state index in [-0.39, 0.29) is 23.9 Å². The second-order valence-electron chi connectivity index (χ2n) is 7.34. The first-order valence-electron chi connectivity index (χ1n) is 10.3. The largest absolute Gasteiger partial charge is 0.489 e. The van der Waals surface area contributed by atoms with Crippen LogP contribution in [0.4, 0.5) is 5.69 Å². The number of rotatable bonds is 7. The Bertz CT molecular complexity index is 1070. The van der Waals surface area contributed by atoms with Crippen molar-refractivity contribution in [2.24, 2.45) is 0 Å². The second kappa shape index (κ2) is 9.54. The molecular weight excluding hydrogens is 382 g/mol. The van der Waals surface area contributed by atoms with Gasteiger partial charge >= 0.3 is 0 Å². The van der Waals surface area contributed by atoms with E-state index in [2.05, 4.69) is 10.4 Å². The van der Waals surface area contributed by atoms with Crippen LogP contribution in [0.15, 0.2) is 59.5 Å². The number of aromatic nitrogens is 2. The molecule has 1 aliphatic heterocycles. The average molecular weight is 407 g/mol. The Morgan fingerprint density at radius 3 is 2.87 bits per heavy atom. The van der Waals surface area contributed by atoms with E-state index in [1.54, 1.807) is 10.7 Å². The summed E-state index contributed by atoms with van der Waals surface area (Å²) in [5, 5.41) is 7.68. The number of aryl methyl sites for hydroxylation is 1. The zero-order valence-electron chi connectivity index (χ0n) is 16.8. The molecule has 0 bridgehead atoms. The van der Waals surface area contributed by atoms with Crippen molar-refractivity contribution in [3.8, 4) is 5.75 Å². The van der Waals surface area contributed by atoms with Crippen LogP contribution in [0.5, 0.6) is 5.75 Å². The van der Waals surface area contributed by atoms with Crippen LogP contribution < -0.4 is 15.5 Å². The van der Waals surface area contributed by atoms with Gasteiger partial charge in [-0.2, -0.15) is 5.10 Å². The Labute approximate surface area is 174 Å². The molecule has 0 aliphatic carbocycles. The normalized spacial score (nSPS) is 16.3. The fourth-order valence-electron chi connectivity index (χ4n) is 3.58. The summed E-state index contributed by atoms with van der Waals surface area (Å²) in [5.41, 5.74) is 1.23. The first-order valence-corrected chi connectivity index (χ1v) is 10.3. The van der Waals surface area contributed by atoms with Gasteiger partial charge in [0.15, 0.2) is 0 Å². The van der Waals surface area contributed by atoms with Gasteiger partial charge in [-0.3, -0.25) is 14.3 Å². The van der Waals surface area contributed by atoms with Crippen molar-refractivity contribution in [1.82, 2.24) is 9.78 Å². The standard InChI is InChI=1S/C23H25N3O4/c27-21-15-24-26(20-10-3-1-8-18(20)21)13-12-23(28)25-19-9-2-4-11-22(19)30-16-17-7-5-6-14-29-17/h1-4,8-11,15,17H,5-7,12-14,16H2,(H,25,28). The van der Waals surface area contributed by atoms with Gasteiger partial charge < -0.3 is 14.8 Å². The molecule has 0 spiro atoms. The zero-order chi connectivity index (χ0) is 20.8. The molecule has 2 aromatic carbocycles. The Morgan fingerprint density at radius 2 is 2.00 bits per heavy atom. The van der Waals surface area contributed by atoms with Gasteiger partial charge in [-0.1, -0.05) is 24.3 Å². The lowest BCUT2D eigenvalue weighted by atomic mass is 10.1. The van der Waals surface area contributed by atoms with Gasteiger partial charge in [-0.05, 0) is 43.5 Å². The molecule has 1 amide bonds. The summed E-state index contributed by atoms with van der Waals surface area (Å²) in [5.74, 6) is 0.483. The van der Waals surface area contributed by atoms with E-state index in [0.29, 0.717) is 35.5 Å². The fraction of sp³-hybridized carbons (Fsp3) is 0.348. The van der Waals surface area contributed by atoms with Crippen LogP contribution in [0.1, 0.15) is 25.7 Å². The van der Waals surface area contributed by atoms with E-state index in [9.17, 15) is 9.59 Å². The predicted octanol–water partition coefficient (Wildman–Crippen LogP) is 3.37. The highest BCUT2D eigenvalue weighted by molar-refractivity contribution is 5.92. The molecule has 7 nitrogen and oxygen atoms in total. The molecule has 1 aliphatic rings. The van der Waals surface area contributed by atoms with Crippen LogP contribution in [0.25, 0.3) is 10.9 Å². The number of ether oxygens (including phenoxy) is 2. The van der Waals surface area contributed by atoms with Crippen LogP contribution in [-0.2, 0) is 16.1 Å². The highest BCUT2D eigenvalue weighted by Crippen LogP contribution is 2.25. The molecule has 4 rings (SSSR count). The maximum Gasteiger partial charge on any atom is 0.226 e. The van der Waals surface area contributed by atoms with Gasteiger partial charge in [-0.15, -0.1) is 0 Å². The van der Waals surface area contributed by atoms with Crippen LogP contribution in [0, 0.1) is 0 Å². The number of anilines is 1. The number of hydrogen-bond acceptors (Lipinski definition) is 5. The lowest BCUT2D eigenvalue weighted by Crippen LogP contribution is -2.26. The highest BCUT2D eigenvalue weighted by atomic mass is 16.5. The molecule has 0 saturated carbocycles. The number of fused-ring (bicyclic) bond motifs is 1. The first kappa shape index (κ1) is 20.1. The van der Waals surface area contributed by atoms with Crippen molar-refractivity contribution in [2.45, 2.75) is 38.3 Å². The van der Waals surface area contributed by atoms with Gasteiger partial charge in [0.2, 0.25) is 11.3 Å². The predicted molar refractivity (Wildman–Crippen MR) is 115 cm³/mol. The van der Waals surface area contributed by atoms with Crippen molar-refractivity contribution in [2.75, 3.05) is 18.5 Å². The third-order valence-corrected chi connectivity index (χ3v) is 5.17. The van der Waals surface area contributed by atoms with E-state index >= 15 is 0 Å². The Balaban J connectivity index is 1.38. The topological polar surface area (TPSA) is 82.5 Å². The number of carbonyl (C=O) groups is 1. The summed E-state index contributed by atoms with van der Waals surface area (Å²) < 4.78 is 13.3. The summed E-state index contributed by atoms with van der Waals surface area (Å²) >= 11 is 0. The Kier molecular flexibility index (Phi) is 6.39. The van der Waals surface area contributed by atoms with Crippen LogP contribution in [0.2, 0.25) is 0 Å². The number of nitrogens with zero attached hydrogens (tertiary/aromatic N) is 2. The molecule has 1 N–H and O–H groups in total. The zero-order valence-corrected chi connectivity index (χ0v) is 16.8. The van der Waals surface area contributed by atoms with E-state index in [0.717, 1.165) is 25.9 Å². The van der Waals surface area contributed by atoms with E-state index in [4.69, 9.17) is 9.47 Å². The molecule has 30 heavy (non-hydrogen) atoms. The number of hydrogen-bond donors (Lipinski definition) is 1. The number of carbonyl (C=O) groups excluding carboxylic acids is 1. The van der Waals surface area contributed by atoms with Gasteiger partial charge in [0.05, 0.1) is 30.0 Å². The molecule has 7 heteroatoms. The molecule has 2 heterocycles. The monoisotopic (exact) mass is 407 g/mol. The van der Waals surface area contributed by atoms with E-state index in [1.807, 2.05) is 42.5 Å². The minimum absolute atomic E-state index is 0.0993. The number of para-hydroxylation sites is 3. The minimum Gasteiger partial charge on any atom is -0.489 e. The van der Waals surface area contributed by atoms with E-state index in [1.165, 1.54) is 6.20 Å². The van der Waals surface area contributed by atoms with Crippen molar-refractivity contribution in [3.63, 3.8) is 0 Å².